The van der Waals surface area contributed by atoms with Crippen molar-refractivity contribution in [1.29, 1.82) is 0 Å². The van der Waals surface area contributed by atoms with Crippen LogP contribution in [0.15, 0.2) is 95.9 Å². The van der Waals surface area contributed by atoms with E-state index < -0.39 is 0 Å². The minimum absolute atomic E-state index is 0.278. The van der Waals surface area contributed by atoms with Crippen LogP contribution < -0.4 is 5.32 Å². The first-order valence-electron chi connectivity index (χ1n) is 9.39. The summed E-state index contributed by atoms with van der Waals surface area (Å²) in [5.74, 6) is 0.390. The maximum absolute atomic E-state index is 13.3. The van der Waals surface area contributed by atoms with Crippen LogP contribution in [-0.2, 0) is 0 Å². The first-order chi connectivity index (χ1) is 14.7. The van der Waals surface area contributed by atoms with Gasteiger partial charge in [0.1, 0.15) is 18.0 Å². The molecule has 0 aliphatic rings. The van der Waals surface area contributed by atoms with Crippen LogP contribution in [0.5, 0.6) is 0 Å². The third kappa shape index (κ3) is 3.46. The molecule has 0 saturated carbocycles. The summed E-state index contributed by atoms with van der Waals surface area (Å²) in [6.45, 7) is 0. The molecule has 5 rings (SSSR count). The van der Waals surface area contributed by atoms with Crippen molar-refractivity contribution in [3.05, 3.63) is 102 Å². The molecule has 0 aliphatic heterocycles. The van der Waals surface area contributed by atoms with Gasteiger partial charge in [0.2, 0.25) is 0 Å². The van der Waals surface area contributed by atoms with Gasteiger partial charge in [-0.2, -0.15) is 0 Å². The van der Waals surface area contributed by atoms with Crippen molar-refractivity contribution in [2.24, 2.45) is 0 Å². The normalized spacial score (nSPS) is 11.0. The van der Waals surface area contributed by atoms with E-state index in [1.165, 1.54) is 18.5 Å². The molecule has 0 saturated heterocycles. The second-order valence-corrected chi connectivity index (χ2v) is 7.72. The molecule has 4 nitrogen and oxygen atoms in total. The number of fused-ring (bicyclic) bond motifs is 1. The van der Waals surface area contributed by atoms with E-state index in [2.05, 4.69) is 54.1 Å². The van der Waals surface area contributed by atoms with Crippen LogP contribution in [0.2, 0.25) is 0 Å². The highest BCUT2D eigenvalue weighted by molar-refractivity contribution is 9.10. The molecule has 146 valence electrons. The molecular formula is C24H16BrFN4. The Kier molecular flexibility index (Phi) is 4.77. The highest BCUT2D eigenvalue weighted by Gasteiger charge is 2.17. The van der Waals surface area contributed by atoms with E-state index in [1.54, 1.807) is 12.1 Å². The van der Waals surface area contributed by atoms with E-state index in [-0.39, 0.29) is 5.82 Å². The minimum Gasteiger partial charge on any atom is -0.340 e. The molecule has 0 atom stereocenters. The Bertz CT molecular complexity index is 1310. The van der Waals surface area contributed by atoms with Crippen molar-refractivity contribution in [3.63, 3.8) is 0 Å². The topological polar surface area (TPSA) is 42.7 Å². The molecular weight excluding hydrogens is 443 g/mol. The smallest absolute Gasteiger partial charge is 0.150 e. The summed E-state index contributed by atoms with van der Waals surface area (Å²) in [7, 11) is 0. The number of nitrogens with one attached hydrogen (secondary N) is 1. The predicted molar refractivity (Wildman–Crippen MR) is 122 cm³/mol. The van der Waals surface area contributed by atoms with Crippen LogP contribution in [0, 0.1) is 5.82 Å². The lowest BCUT2D eigenvalue weighted by Gasteiger charge is -2.09. The van der Waals surface area contributed by atoms with Crippen LogP contribution in [0.1, 0.15) is 0 Å². The fourth-order valence-electron chi connectivity index (χ4n) is 3.46. The molecule has 0 bridgehead atoms. The Balaban J connectivity index is 1.73. The van der Waals surface area contributed by atoms with E-state index in [9.17, 15) is 4.39 Å². The van der Waals surface area contributed by atoms with Crippen molar-refractivity contribution in [1.82, 2.24) is 14.5 Å². The van der Waals surface area contributed by atoms with Crippen molar-refractivity contribution in [2.45, 2.75) is 0 Å². The lowest BCUT2D eigenvalue weighted by atomic mass is 10.1. The van der Waals surface area contributed by atoms with Gasteiger partial charge in [0.05, 0.1) is 5.39 Å². The van der Waals surface area contributed by atoms with Crippen LogP contribution in [0.3, 0.4) is 0 Å². The summed E-state index contributed by atoms with van der Waals surface area (Å²) in [4.78, 5) is 9.08. The predicted octanol–water partition coefficient (Wildman–Crippen LogP) is 6.73. The lowest BCUT2D eigenvalue weighted by Crippen LogP contribution is -1.98. The first kappa shape index (κ1) is 18.5. The minimum atomic E-state index is -0.278. The van der Waals surface area contributed by atoms with Crippen molar-refractivity contribution < 1.29 is 4.39 Å². The van der Waals surface area contributed by atoms with Gasteiger partial charge in [-0.25, -0.2) is 14.4 Å². The first-order valence-corrected chi connectivity index (χ1v) is 10.2. The fraction of sp³-hybridized carbons (Fsp3) is 0. The molecule has 0 spiro atoms. The molecule has 0 aliphatic carbocycles. The molecule has 1 N–H and O–H groups in total. The number of anilines is 2. The summed E-state index contributed by atoms with van der Waals surface area (Å²) < 4.78 is 16.4. The second-order valence-electron chi connectivity index (χ2n) is 6.81. The maximum Gasteiger partial charge on any atom is 0.150 e. The molecule has 6 heteroatoms. The Hall–Kier alpha value is -3.51. The van der Waals surface area contributed by atoms with Gasteiger partial charge in [-0.05, 0) is 54.1 Å². The molecule has 0 amide bonds. The van der Waals surface area contributed by atoms with Gasteiger partial charge in [0.25, 0.3) is 0 Å². The van der Waals surface area contributed by atoms with Gasteiger partial charge in [0.15, 0.2) is 5.65 Å². The largest absolute Gasteiger partial charge is 0.340 e. The van der Waals surface area contributed by atoms with E-state index in [4.69, 9.17) is 0 Å². The molecule has 0 radical (unpaired) electrons. The van der Waals surface area contributed by atoms with Crippen LogP contribution >= 0.6 is 15.9 Å². The highest BCUT2D eigenvalue weighted by atomic mass is 79.9. The number of hydrogen-bond donors (Lipinski definition) is 1. The standard InChI is InChI=1S/C24H16BrFN4/c25-17-6-12-20(13-7-17)30-14-21(16-4-2-1-3-5-16)22-23(27-15-28-24(22)30)29-19-10-8-18(26)9-11-19/h1-15H,(H,27,28,29). The molecule has 3 aromatic carbocycles. The Labute approximate surface area is 181 Å². The maximum atomic E-state index is 13.3. The number of hydrogen-bond acceptors (Lipinski definition) is 3. The summed E-state index contributed by atoms with van der Waals surface area (Å²) in [6.07, 6.45) is 3.62. The highest BCUT2D eigenvalue weighted by Crippen LogP contribution is 2.36. The Morgan fingerprint density at radius 2 is 1.57 bits per heavy atom. The average molecular weight is 459 g/mol. The van der Waals surface area contributed by atoms with Crippen LogP contribution in [0.4, 0.5) is 15.9 Å². The van der Waals surface area contributed by atoms with Crippen LogP contribution in [0.25, 0.3) is 27.8 Å². The zero-order chi connectivity index (χ0) is 20.5. The number of rotatable bonds is 4. The zero-order valence-corrected chi connectivity index (χ0v) is 17.3. The molecule has 2 aromatic heterocycles. The van der Waals surface area contributed by atoms with E-state index >= 15 is 0 Å². The lowest BCUT2D eigenvalue weighted by molar-refractivity contribution is 0.628. The van der Waals surface area contributed by atoms with Gasteiger partial charge in [-0.3, -0.25) is 0 Å². The number of nitrogens with zero attached hydrogens (tertiary/aromatic N) is 3. The van der Waals surface area contributed by atoms with Gasteiger partial charge in [-0.15, -0.1) is 0 Å². The van der Waals surface area contributed by atoms with Gasteiger partial charge in [-0.1, -0.05) is 46.3 Å². The molecule has 5 aromatic rings. The zero-order valence-electron chi connectivity index (χ0n) is 15.8. The van der Waals surface area contributed by atoms with Gasteiger partial charge < -0.3 is 9.88 Å². The van der Waals surface area contributed by atoms with Gasteiger partial charge >= 0.3 is 0 Å². The van der Waals surface area contributed by atoms with E-state index in [0.717, 1.165) is 38.0 Å². The van der Waals surface area contributed by atoms with E-state index in [1.807, 2.05) is 42.5 Å². The SMILES string of the molecule is Fc1ccc(Nc2ncnc3c2c(-c2ccccc2)cn3-c2ccc(Br)cc2)cc1. The quantitative estimate of drug-likeness (QED) is 0.324. The van der Waals surface area contributed by atoms with Crippen LogP contribution in [-0.4, -0.2) is 14.5 Å². The third-order valence-corrected chi connectivity index (χ3v) is 5.41. The summed E-state index contributed by atoms with van der Waals surface area (Å²) in [5.41, 5.74) is 4.62. The van der Waals surface area contributed by atoms with Crippen molar-refractivity contribution >= 4 is 38.5 Å². The fourth-order valence-corrected chi connectivity index (χ4v) is 3.73. The van der Waals surface area contributed by atoms with E-state index in [0.29, 0.717) is 5.82 Å². The Morgan fingerprint density at radius 1 is 0.833 bits per heavy atom. The second kappa shape index (κ2) is 7.72. The number of benzene rings is 3. The molecule has 2 heterocycles. The molecule has 0 fully saturated rings. The summed E-state index contributed by atoms with van der Waals surface area (Å²) in [5, 5.41) is 4.22. The van der Waals surface area contributed by atoms with Crippen molar-refractivity contribution in [2.75, 3.05) is 5.32 Å². The monoisotopic (exact) mass is 458 g/mol. The summed E-state index contributed by atoms with van der Waals surface area (Å²) >= 11 is 3.49. The molecule has 30 heavy (non-hydrogen) atoms. The third-order valence-electron chi connectivity index (χ3n) is 4.88. The van der Waals surface area contributed by atoms with Crippen molar-refractivity contribution in [3.8, 4) is 16.8 Å². The molecule has 0 unspecified atom stereocenters. The van der Waals surface area contributed by atoms with Gasteiger partial charge in [0, 0.05) is 27.6 Å². The summed E-state index contributed by atoms with van der Waals surface area (Å²) in [6, 6.07) is 24.4. The number of aromatic nitrogens is 3. The number of halogens is 2. The average Bonchev–Trinajstić information content (AvgIpc) is 3.17. The Morgan fingerprint density at radius 3 is 2.30 bits per heavy atom.